The van der Waals surface area contributed by atoms with E-state index in [-0.39, 0.29) is 12.5 Å². The molecule has 0 aliphatic carbocycles. The molecule has 0 fully saturated rings. The maximum atomic E-state index is 12.5. The van der Waals surface area contributed by atoms with Gasteiger partial charge in [0.05, 0.1) is 18.8 Å². The van der Waals surface area contributed by atoms with Crippen molar-refractivity contribution in [3.8, 4) is 0 Å². The average molecular weight is 1020 g/mol. The number of carbonyl (C=O) groups excluding carboxylic acids is 1. The van der Waals surface area contributed by atoms with Crippen molar-refractivity contribution in [2.24, 2.45) is 0 Å². The summed E-state index contributed by atoms with van der Waals surface area (Å²) in [5.74, 6) is -0.0254. The Hall–Kier alpha value is -1.91. The maximum absolute atomic E-state index is 12.5. The number of aliphatic hydroxyl groups excluding tert-OH is 2. The highest BCUT2D eigenvalue weighted by molar-refractivity contribution is 5.76. The van der Waals surface area contributed by atoms with Gasteiger partial charge >= 0.3 is 0 Å². The molecule has 0 aromatic rings. The third-order valence-corrected chi connectivity index (χ3v) is 15.3. The van der Waals surface area contributed by atoms with Gasteiger partial charge in [-0.05, 0) is 57.8 Å². The second-order valence-electron chi connectivity index (χ2n) is 22.5. The minimum atomic E-state index is -0.661. The van der Waals surface area contributed by atoms with Crippen LogP contribution in [-0.4, -0.2) is 34.9 Å². The summed E-state index contributed by atoms with van der Waals surface area (Å²) in [5.41, 5.74) is 0. The van der Waals surface area contributed by atoms with Crippen LogP contribution in [0.25, 0.3) is 0 Å². The van der Waals surface area contributed by atoms with Gasteiger partial charge in [-0.3, -0.25) is 4.79 Å². The van der Waals surface area contributed by atoms with Crippen LogP contribution >= 0.6 is 0 Å². The normalized spacial score (nSPS) is 13.1. The molecule has 0 saturated heterocycles. The van der Waals surface area contributed by atoms with Gasteiger partial charge in [0, 0.05) is 6.42 Å². The van der Waals surface area contributed by atoms with Gasteiger partial charge < -0.3 is 15.5 Å². The monoisotopic (exact) mass is 1020 g/mol. The van der Waals surface area contributed by atoms with E-state index in [0.717, 1.165) is 57.8 Å². The van der Waals surface area contributed by atoms with Crippen LogP contribution < -0.4 is 5.32 Å². The number of carbonyl (C=O) groups is 1. The van der Waals surface area contributed by atoms with E-state index in [1.54, 1.807) is 0 Å². The highest BCUT2D eigenvalue weighted by atomic mass is 16.3. The highest BCUT2D eigenvalue weighted by Gasteiger charge is 2.20. The SMILES string of the molecule is CC/C=C\C/C=C\C/C=C\C/C=C\C/C=C\CCCCCCCCCCCCCCCCCCCCCC(=O)NC(CO)C(O)CCCCCCCCCCCCCCCCCCCCCCCCCCCC. The Morgan fingerprint density at radius 1 is 0.342 bits per heavy atom. The van der Waals surface area contributed by atoms with Crippen LogP contribution in [0.4, 0.5) is 0 Å². The zero-order valence-corrected chi connectivity index (χ0v) is 49.4. The fourth-order valence-electron chi connectivity index (χ4n) is 10.3. The van der Waals surface area contributed by atoms with Crippen molar-refractivity contribution in [2.45, 2.75) is 366 Å². The summed E-state index contributed by atoms with van der Waals surface area (Å²) in [7, 11) is 0. The topological polar surface area (TPSA) is 69.6 Å². The number of amides is 1. The molecule has 0 spiro atoms. The van der Waals surface area contributed by atoms with E-state index in [4.69, 9.17) is 0 Å². The van der Waals surface area contributed by atoms with E-state index in [2.05, 4.69) is 79.9 Å². The second-order valence-corrected chi connectivity index (χ2v) is 22.5. The lowest BCUT2D eigenvalue weighted by atomic mass is 10.0. The van der Waals surface area contributed by atoms with Crippen molar-refractivity contribution in [3.63, 3.8) is 0 Å². The van der Waals surface area contributed by atoms with Gasteiger partial charge in [-0.15, -0.1) is 0 Å². The number of hydrogen-bond donors (Lipinski definition) is 3. The molecule has 428 valence electrons. The lowest BCUT2D eigenvalue weighted by Crippen LogP contribution is -2.45. The zero-order chi connectivity index (χ0) is 52.7. The van der Waals surface area contributed by atoms with Crippen molar-refractivity contribution < 1.29 is 15.0 Å². The molecule has 0 aliphatic rings. The van der Waals surface area contributed by atoms with Gasteiger partial charge in [0.1, 0.15) is 0 Å². The number of hydrogen-bond acceptors (Lipinski definition) is 3. The van der Waals surface area contributed by atoms with Crippen molar-refractivity contribution in [1.82, 2.24) is 5.32 Å². The number of rotatable bonds is 61. The molecule has 0 heterocycles. The summed E-state index contributed by atoms with van der Waals surface area (Å²) < 4.78 is 0. The van der Waals surface area contributed by atoms with Crippen LogP contribution in [0, 0.1) is 0 Å². The summed E-state index contributed by atoms with van der Waals surface area (Å²) in [6, 6.07) is -0.538. The second kappa shape index (κ2) is 64.4. The van der Waals surface area contributed by atoms with Crippen LogP contribution in [0.2, 0.25) is 0 Å². The predicted molar refractivity (Wildman–Crippen MR) is 327 cm³/mol. The lowest BCUT2D eigenvalue weighted by Gasteiger charge is -2.22. The van der Waals surface area contributed by atoms with Crippen molar-refractivity contribution in [2.75, 3.05) is 6.61 Å². The molecule has 0 rings (SSSR count). The van der Waals surface area contributed by atoms with E-state index in [1.807, 2.05) is 0 Å². The first-order valence-electron chi connectivity index (χ1n) is 33.0. The molecule has 0 aliphatic heterocycles. The van der Waals surface area contributed by atoms with E-state index in [1.165, 1.54) is 270 Å². The van der Waals surface area contributed by atoms with Gasteiger partial charge in [-0.2, -0.15) is 0 Å². The molecule has 2 unspecified atom stereocenters. The highest BCUT2D eigenvalue weighted by Crippen LogP contribution is 2.19. The lowest BCUT2D eigenvalue weighted by molar-refractivity contribution is -0.123. The van der Waals surface area contributed by atoms with Crippen molar-refractivity contribution >= 4 is 5.91 Å². The summed E-state index contributed by atoms with van der Waals surface area (Å²) in [6.07, 6.45) is 91.1. The van der Waals surface area contributed by atoms with E-state index < -0.39 is 12.1 Å². The molecule has 4 heteroatoms. The van der Waals surface area contributed by atoms with E-state index in [9.17, 15) is 15.0 Å². The van der Waals surface area contributed by atoms with Crippen LogP contribution in [0.15, 0.2) is 60.8 Å². The van der Waals surface area contributed by atoms with Crippen LogP contribution in [0.3, 0.4) is 0 Å². The predicted octanol–water partition coefficient (Wildman–Crippen LogP) is 22.3. The van der Waals surface area contributed by atoms with Crippen LogP contribution in [0.5, 0.6) is 0 Å². The first-order valence-corrected chi connectivity index (χ1v) is 33.0. The quantitative estimate of drug-likeness (QED) is 0.0420. The van der Waals surface area contributed by atoms with Crippen LogP contribution in [0.1, 0.15) is 354 Å². The average Bonchev–Trinajstić information content (AvgIpc) is 3.40. The molecule has 3 N–H and O–H groups in total. The van der Waals surface area contributed by atoms with Gasteiger partial charge in [0.25, 0.3) is 0 Å². The summed E-state index contributed by atoms with van der Waals surface area (Å²) in [6.45, 7) is 4.28. The smallest absolute Gasteiger partial charge is 0.220 e. The number of unbranched alkanes of at least 4 members (excludes halogenated alkanes) is 44. The molecular weight excluding hydrogens is 891 g/mol. The molecule has 0 radical (unpaired) electrons. The van der Waals surface area contributed by atoms with Crippen molar-refractivity contribution in [1.29, 1.82) is 0 Å². The van der Waals surface area contributed by atoms with Gasteiger partial charge in [-0.1, -0.05) is 351 Å². The number of aliphatic hydroxyl groups is 2. The summed E-state index contributed by atoms with van der Waals surface area (Å²) in [4.78, 5) is 12.5. The van der Waals surface area contributed by atoms with Crippen molar-refractivity contribution in [3.05, 3.63) is 60.8 Å². The molecular formula is C69H129NO3. The number of nitrogens with one attached hydrogen (secondary N) is 1. The van der Waals surface area contributed by atoms with Crippen LogP contribution in [-0.2, 0) is 4.79 Å². The Balaban J connectivity index is 3.42. The fraction of sp³-hybridized carbons (Fsp3) is 0.841. The van der Waals surface area contributed by atoms with E-state index >= 15 is 0 Å². The first kappa shape index (κ1) is 71.1. The third-order valence-electron chi connectivity index (χ3n) is 15.3. The molecule has 0 aromatic carbocycles. The summed E-state index contributed by atoms with van der Waals surface area (Å²) in [5, 5.41) is 23.4. The molecule has 0 aromatic heterocycles. The van der Waals surface area contributed by atoms with Gasteiger partial charge in [0.15, 0.2) is 0 Å². The van der Waals surface area contributed by atoms with Gasteiger partial charge in [-0.25, -0.2) is 0 Å². The number of allylic oxidation sites excluding steroid dienone is 10. The van der Waals surface area contributed by atoms with Gasteiger partial charge in [0.2, 0.25) is 5.91 Å². The molecule has 0 saturated carbocycles. The molecule has 4 nitrogen and oxygen atoms in total. The Bertz CT molecular complexity index is 1200. The maximum Gasteiger partial charge on any atom is 0.220 e. The Labute approximate surface area is 457 Å². The first-order chi connectivity index (χ1) is 36.2. The minimum absolute atomic E-state index is 0.0254. The fourth-order valence-corrected chi connectivity index (χ4v) is 10.3. The standard InChI is InChI=1S/C69H129NO3/c1-3-5-7-9-11-13-15-17-19-21-23-25-27-29-31-32-33-34-35-36-37-38-39-41-43-45-47-49-51-53-55-57-59-61-63-65-69(73)70-67(66-71)68(72)64-62-60-58-56-54-52-50-48-46-44-42-40-30-28-26-24-22-20-18-16-14-12-10-8-6-4-2/h5,7,11,13,17,19,23,25,29,31,67-68,71-72H,3-4,6,8-10,12,14-16,18,20-22,24,26-28,30,32-66H2,1-2H3,(H,70,73)/b7-5-,13-11-,19-17-,25-23-,31-29-. The van der Waals surface area contributed by atoms with E-state index in [0.29, 0.717) is 12.8 Å². The Morgan fingerprint density at radius 2 is 0.603 bits per heavy atom. The third kappa shape index (κ3) is 60.8. The molecule has 73 heavy (non-hydrogen) atoms. The molecule has 1 amide bonds. The minimum Gasteiger partial charge on any atom is -0.394 e. The zero-order valence-electron chi connectivity index (χ0n) is 49.4. The largest absolute Gasteiger partial charge is 0.394 e. The molecule has 2 atom stereocenters. The Kier molecular flexibility index (Phi) is 62.7. The molecule has 0 bridgehead atoms. The Morgan fingerprint density at radius 3 is 0.904 bits per heavy atom. The summed E-state index contributed by atoms with van der Waals surface area (Å²) >= 11 is 0.